The van der Waals surface area contributed by atoms with Gasteiger partial charge in [0.15, 0.2) is 5.78 Å². The third kappa shape index (κ3) is 4.03. The van der Waals surface area contributed by atoms with Crippen LogP contribution in [0.3, 0.4) is 0 Å². The van der Waals surface area contributed by atoms with Gasteiger partial charge in [-0.05, 0) is 12.1 Å². The number of hydrogen-bond donors (Lipinski definition) is 0. The number of carbonyl (C=O) groups is 1. The van der Waals surface area contributed by atoms with Crippen LogP contribution >= 0.6 is 0 Å². The number of ether oxygens (including phenoxy) is 1. The molecule has 0 atom stereocenters. The molecule has 0 fully saturated rings. The predicted molar refractivity (Wildman–Crippen MR) is 67.6 cm³/mol. The minimum atomic E-state index is -4.37. The Kier molecular flexibility index (Phi) is 4.34. The normalized spacial score (nSPS) is 11.8. The molecule has 2 aromatic rings. The minimum absolute atomic E-state index is 0.101. The minimum Gasteiger partial charge on any atom is -0.372 e. The molecule has 2 rings (SSSR count). The smallest absolute Gasteiger partial charge is 0.372 e. The Morgan fingerprint density at radius 1 is 1.25 bits per heavy atom. The van der Waals surface area contributed by atoms with Crippen LogP contribution < -0.4 is 0 Å². The standard InChI is InChI=1S/C14H12F3NO2/c15-14(16,17)9-20-6-5-13(19)11-7-10-3-1-2-4-12(10)18-8-11/h1-4,7-8H,5-6,9H2. The molecule has 1 aromatic heterocycles. The van der Waals surface area contributed by atoms with E-state index in [4.69, 9.17) is 0 Å². The second kappa shape index (κ2) is 6.00. The molecule has 106 valence electrons. The van der Waals surface area contributed by atoms with Crippen LogP contribution in [0.1, 0.15) is 16.8 Å². The van der Waals surface area contributed by atoms with Crippen molar-refractivity contribution in [3.05, 3.63) is 42.1 Å². The molecule has 0 spiro atoms. The summed E-state index contributed by atoms with van der Waals surface area (Å²) in [4.78, 5) is 15.9. The lowest BCUT2D eigenvalue weighted by molar-refractivity contribution is -0.173. The van der Waals surface area contributed by atoms with E-state index in [2.05, 4.69) is 9.72 Å². The SMILES string of the molecule is O=C(CCOCC(F)(F)F)c1cnc2ccccc2c1. The zero-order valence-corrected chi connectivity index (χ0v) is 10.5. The number of hydrogen-bond acceptors (Lipinski definition) is 3. The topological polar surface area (TPSA) is 39.2 Å². The molecule has 6 heteroatoms. The number of pyridine rings is 1. The number of rotatable bonds is 5. The summed E-state index contributed by atoms with van der Waals surface area (Å²) in [6.07, 6.45) is -3.04. The molecule has 3 nitrogen and oxygen atoms in total. The second-order valence-electron chi connectivity index (χ2n) is 4.26. The Morgan fingerprint density at radius 3 is 2.75 bits per heavy atom. The Labute approximate surface area is 113 Å². The highest BCUT2D eigenvalue weighted by atomic mass is 19.4. The molecule has 0 aliphatic heterocycles. The largest absolute Gasteiger partial charge is 0.411 e. The van der Waals surface area contributed by atoms with Gasteiger partial charge in [0.2, 0.25) is 0 Å². The summed E-state index contributed by atoms with van der Waals surface area (Å²) >= 11 is 0. The first-order valence-corrected chi connectivity index (χ1v) is 5.98. The molecule has 0 aliphatic rings. The van der Waals surface area contributed by atoms with Crippen molar-refractivity contribution in [1.29, 1.82) is 0 Å². The Balaban J connectivity index is 1.94. The van der Waals surface area contributed by atoms with E-state index in [0.29, 0.717) is 5.56 Å². The monoisotopic (exact) mass is 283 g/mol. The van der Waals surface area contributed by atoms with E-state index in [-0.39, 0.29) is 18.8 Å². The van der Waals surface area contributed by atoms with Gasteiger partial charge >= 0.3 is 6.18 Å². The molecule has 0 unspecified atom stereocenters. The number of ketones is 1. The van der Waals surface area contributed by atoms with E-state index in [0.717, 1.165) is 10.9 Å². The molecule has 0 saturated carbocycles. The molecule has 0 bridgehead atoms. The Morgan fingerprint density at radius 2 is 2.00 bits per heavy atom. The fourth-order valence-electron chi connectivity index (χ4n) is 1.72. The molecule has 0 amide bonds. The first kappa shape index (κ1) is 14.5. The molecule has 20 heavy (non-hydrogen) atoms. The van der Waals surface area contributed by atoms with E-state index in [9.17, 15) is 18.0 Å². The van der Waals surface area contributed by atoms with Crippen LogP contribution in [0.4, 0.5) is 13.2 Å². The quantitative estimate of drug-likeness (QED) is 0.623. The Bertz CT molecular complexity index is 611. The van der Waals surface area contributed by atoms with Gasteiger partial charge in [0.25, 0.3) is 0 Å². The van der Waals surface area contributed by atoms with E-state index in [1.54, 1.807) is 6.07 Å². The van der Waals surface area contributed by atoms with Crippen LogP contribution in [0.25, 0.3) is 10.9 Å². The lowest BCUT2D eigenvalue weighted by atomic mass is 10.1. The van der Waals surface area contributed by atoms with E-state index < -0.39 is 12.8 Å². The molecule has 0 aliphatic carbocycles. The lowest BCUT2D eigenvalue weighted by Crippen LogP contribution is -2.18. The number of carbonyl (C=O) groups excluding carboxylic acids is 1. The van der Waals surface area contributed by atoms with Crippen molar-refractivity contribution in [1.82, 2.24) is 4.98 Å². The molecular weight excluding hydrogens is 271 g/mol. The molecular formula is C14H12F3NO2. The number of halogens is 3. The molecule has 0 saturated heterocycles. The van der Waals surface area contributed by atoms with Crippen molar-refractivity contribution in [2.75, 3.05) is 13.2 Å². The average Bonchev–Trinajstić information content (AvgIpc) is 2.42. The van der Waals surface area contributed by atoms with Crippen molar-refractivity contribution in [2.24, 2.45) is 0 Å². The highest BCUT2D eigenvalue weighted by molar-refractivity contribution is 5.98. The molecule has 0 N–H and O–H groups in total. The molecule has 1 heterocycles. The summed E-state index contributed by atoms with van der Waals surface area (Å²) in [6, 6.07) is 8.97. The van der Waals surface area contributed by atoms with Crippen LogP contribution in [0.2, 0.25) is 0 Å². The Hall–Kier alpha value is -1.95. The number of benzene rings is 1. The second-order valence-corrected chi connectivity index (χ2v) is 4.26. The molecule has 1 aromatic carbocycles. The van der Waals surface area contributed by atoms with Gasteiger partial charge in [0.05, 0.1) is 12.1 Å². The van der Waals surface area contributed by atoms with Gasteiger partial charge in [0, 0.05) is 23.6 Å². The van der Waals surface area contributed by atoms with Gasteiger partial charge < -0.3 is 4.74 Å². The first-order valence-electron chi connectivity index (χ1n) is 5.98. The first-order chi connectivity index (χ1) is 9.46. The van der Waals surface area contributed by atoms with Crippen molar-refractivity contribution >= 4 is 16.7 Å². The summed E-state index contributed by atoms with van der Waals surface area (Å²) in [6.45, 7) is -1.60. The highest BCUT2D eigenvalue weighted by Gasteiger charge is 2.27. The maximum Gasteiger partial charge on any atom is 0.411 e. The third-order valence-electron chi connectivity index (χ3n) is 2.65. The predicted octanol–water partition coefficient (Wildman–Crippen LogP) is 3.39. The van der Waals surface area contributed by atoms with Gasteiger partial charge in [-0.2, -0.15) is 13.2 Å². The van der Waals surface area contributed by atoms with Crippen molar-refractivity contribution in [2.45, 2.75) is 12.6 Å². The fourth-order valence-corrected chi connectivity index (χ4v) is 1.72. The van der Waals surface area contributed by atoms with Crippen LogP contribution in [0.15, 0.2) is 36.5 Å². The van der Waals surface area contributed by atoms with Gasteiger partial charge in [-0.1, -0.05) is 18.2 Å². The fraction of sp³-hybridized carbons (Fsp3) is 0.286. The maximum atomic E-state index is 11.9. The number of Topliss-reactive ketones (excluding diaryl/α,β-unsaturated/α-hetero) is 1. The van der Waals surface area contributed by atoms with Crippen LogP contribution in [0.5, 0.6) is 0 Å². The summed E-state index contributed by atoms with van der Waals surface area (Å²) in [7, 11) is 0. The number of alkyl halides is 3. The number of para-hydroxylation sites is 1. The van der Waals surface area contributed by atoms with Crippen molar-refractivity contribution in [3.8, 4) is 0 Å². The summed E-state index contributed by atoms with van der Waals surface area (Å²) in [5.74, 6) is -0.287. The summed E-state index contributed by atoms with van der Waals surface area (Å²) < 4.78 is 40.0. The van der Waals surface area contributed by atoms with Gasteiger partial charge in [-0.25, -0.2) is 0 Å². The van der Waals surface area contributed by atoms with Crippen LogP contribution in [-0.4, -0.2) is 30.2 Å². The van der Waals surface area contributed by atoms with Crippen LogP contribution in [0, 0.1) is 0 Å². The van der Waals surface area contributed by atoms with E-state index in [1.807, 2.05) is 24.3 Å². The zero-order chi connectivity index (χ0) is 14.6. The average molecular weight is 283 g/mol. The van der Waals surface area contributed by atoms with Gasteiger partial charge in [-0.3, -0.25) is 9.78 Å². The summed E-state index contributed by atoms with van der Waals surface area (Å²) in [5, 5.41) is 0.814. The number of fused-ring (bicyclic) bond motifs is 1. The van der Waals surface area contributed by atoms with Crippen molar-refractivity contribution in [3.63, 3.8) is 0 Å². The van der Waals surface area contributed by atoms with E-state index >= 15 is 0 Å². The third-order valence-corrected chi connectivity index (χ3v) is 2.65. The van der Waals surface area contributed by atoms with Crippen molar-refractivity contribution < 1.29 is 22.7 Å². The van der Waals surface area contributed by atoms with Gasteiger partial charge in [-0.15, -0.1) is 0 Å². The highest BCUT2D eigenvalue weighted by Crippen LogP contribution is 2.16. The molecule has 0 radical (unpaired) electrons. The zero-order valence-electron chi connectivity index (χ0n) is 10.5. The summed E-state index contributed by atoms with van der Waals surface area (Å²) in [5.41, 5.74) is 1.14. The maximum absolute atomic E-state index is 11.9. The lowest BCUT2D eigenvalue weighted by Gasteiger charge is -2.07. The number of aromatic nitrogens is 1. The van der Waals surface area contributed by atoms with E-state index in [1.165, 1.54) is 6.20 Å². The van der Waals surface area contributed by atoms with Crippen LogP contribution in [-0.2, 0) is 4.74 Å². The number of nitrogens with zero attached hydrogens (tertiary/aromatic N) is 1. The van der Waals surface area contributed by atoms with Gasteiger partial charge in [0.1, 0.15) is 6.61 Å².